The summed E-state index contributed by atoms with van der Waals surface area (Å²) in [6, 6.07) is 5.23. The number of hydrogen-bond acceptors (Lipinski definition) is 3. The molecule has 1 fully saturated rings. The predicted octanol–water partition coefficient (Wildman–Crippen LogP) is -2.83. The van der Waals surface area contributed by atoms with E-state index in [1.165, 1.54) is 4.90 Å². The highest BCUT2D eigenvalue weighted by Gasteiger charge is 2.16. The first-order valence-corrected chi connectivity index (χ1v) is 6.82. The van der Waals surface area contributed by atoms with Crippen LogP contribution in [0.2, 0.25) is 5.02 Å². The molecule has 0 saturated carbocycles. The highest BCUT2D eigenvalue weighted by molar-refractivity contribution is 6.31. The molecule has 0 bridgehead atoms. The molecular weight excluding hydrogens is 303 g/mol. The van der Waals surface area contributed by atoms with E-state index in [0.29, 0.717) is 17.2 Å². The van der Waals surface area contributed by atoms with E-state index >= 15 is 0 Å². The third kappa shape index (κ3) is 3.17. The molecule has 1 aliphatic rings. The number of benzene rings is 1. The number of fused-ring (bicyclic) bond motifs is 1. The molecule has 0 spiro atoms. The first-order chi connectivity index (χ1) is 9.24. The van der Waals surface area contributed by atoms with Gasteiger partial charge in [-0.2, -0.15) is 0 Å². The molecule has 110 valence electrons. The van der Waals surface area contributed by atoms with Crippen LogP contribution in [0.25, 0.3) is 11.1 Å². The van der Waals surface area contributed by atoms with E-state index in [9.17, 15) is 4.79 Å². The number of nitrogens with one attached hydrogen (secondary N) is 1. The van der Waals surface area contributed by atoms with Gasteiger partial charge < -0.3 is 26.5 Å². The van der Waals surface area contributed by atoms with Crippen LogP contribution in [0.4, 0.5) is 0 Å². The Morgan fingerprint density at radius 2 is 2.05 bits per heavy atom. The number of rotatable bonds is 3. The summed E-state index contributed by atoms with van der Waals surface area (Å²) < 4.78 is 12.2. The number of morpholine rings is 1. The monoisotopic (exact) mass is 318 g/mol. The lowest BCUT2D eigenvalue weighted by Gasteiger charge is -2.23. The second-order valence-corrected chi connectivity index (χ2v) is 5.18. The van der Waals surface area contributed by atoms with Crippen molar-refractivity contribution in [3.05, 3.63) is 33.8 Å². The molecule has 1 aromatic carbocycles. The molecule has 7 heteroatoms. The zero-order valence-electron chi connectivity index (χ0n) is 10.9. The van der Waals surface area contributed by atoms with Crippen LogP contribution < -0.4 is 23.1 Å². The Labute approximate surface area is 127 Å². The van der Waals surface area contributed by atoms with Gasteiger partial charge in [0, 0.05) is 5.02 Å². The summed E-state index contributed by atoms with van der Waals surface area (Å²) in [7, 11) is 0. The zero-order valence-corrected chi connectivity index (χ0v) is 12.4. The van der Waals surface area contributed by atoms with Gasteiger partial charge in [0.05, 0.1) is 31.8 Å². The summed E-state index contributed by atoms with van der Waals surface area (Å²) in [4.78, 5) is 13.3. The smallest absolute Gasteiger partial charge is 0.420 e. The van der Waals surface area contributed by atoms with E-state index in [0.717, 1.165) is 38.4 Å². The second kappa shape index (κ2) is 6.63. The standard InChI is InChI=1S/C13H15ClN2O3.ClH/c14-10-1-2-12-11(9-10)16(13(17)19-12)4-3-15-5-7-18-8-6-15;/h1-2,9H,3-8H2;1H. The van der Waals surface area contributed by atoms with Gasteiger partial charge in [-0.15, -0.1) is 0 Å². The third-order valence-electron chi connectivity index (χ3n) is 3.52. The maximum Gasteiger partial charge on any atom is 0.420 e. The van der Waals surface area contributed by atoms with Crippen LogP contribution in [-0.4, -0.2) is 37.4 Å². The topological polar surface area (TPSA) is 48.8 Å². The summed E-state index contributed by atoms with van der Waals surface area (Å²) in [5.74, 6) is -0.315. The fraction of sp³-hybridized carbons (Fsp3) is 0.462. The molecule has 0 aliphatic carbocycles. The van der Waals surface area contributed by atoms with Gasteiger partial charge in [0.2, 0.25) is 0 Å². The Morgan fingerprint density at radius 1 is 1.30 bits per heavy atom. The van der Waals surface area contributed by atoms with Crippen molar-refractivity contribution >= 4 is 22.7 Å². The summed E-state index contributed by atoms with van der Waals surface area (Å²) >= 11 is 5.97. The number of hydrogen-bond donors (Lipinski definition) is 1. The lowest BCUT2D eigenvalue weighted by Crippen LogP contribution is -3.14. The SMILES string of the molecule is O=c1oc2ccc(Cl)cc2n1CC[NH+]1CCOCC1.[Cl-]. The van der Waals surface area contributed by atoms with Crippen LogP contribution in [0.1, 0.15) is 0 Å². The maximum absolute atomic E-state index is 11.8. The second-order valence-electron chi connectivity index (χ2n) is 4.74. The number of quaternary nitrogens is 1. The zero-order chi connectivity index (χ0) is 13.2. The molecule has 3 rings (SSSR count). The van der Waals surface area contributed by atoms with Gasteiger partial charge in [0.15, 0.2) is 5.58 Å². The minimum absolute atomic E-state index is 0. The van der Waals surface area contributed by atoms with Crippen molar-refractivity contribution in [1.29, 1.82) is 0 Å². The van der Waals surface area contributed by atoms with E-state index in [2.05, 4.69) is 0 Å². The highest BCUT2D eigenvalue weighted by Crippen LogP contribution is 2.17. The van der Waals surface area contributed by atoms with E-state index in [-0.39, 0.29) is 18.2 Å². The number of oxazole rings is 1. The molecule has 0 atom stereocenters. The van der Waals surface area contributed by atoms with Crippen molar-refractivity contribution in [2.45, 2.75) is 6.54 Å². The van der Waals surface area contributed by atoms with Crippen molar-refractivity contribution in [3.8, 4) is 0 Å². The van der Waals surface area contributed by atoms with Crippen LogP contribution in [0.5, 0.6) is 0 Å². The lowest BCUT2D eigenvalue weighted by atomic mass is 10.3. The van der Waals surface area contributed by atoms with Gasteiger partial charge >= 0.3 is 5.76 Å². The highest BCUT2D eigenvalue weighted by atomic mass is 35.5. The van der Waals surface area contributed by atoms with Crippen molar-refractivity contribution in [1.82, 2.24) is 4.57 Å². The largest absolute Gasteiger partial charge is 1.00 e. The van der Waals surface area contributed by atoms with Crippen LogP contribution >= 0.6 is 11.6 Å². The number of halogens is 2. The minimum atomic E-state index is -0.315. The van der Waals surface area contributed by atoms with E-state index < -0.39 is 0 Å². The molecule has 0 amide bonds. The first-order valence-electron chi connectivity index (χ1n) is 6.44. The van der Waals surface area contributed by atoms with Crippen molar-refractivity contribution in [3.63, 3.8) is 0 Å². The maximum atomic E-state index is 11.8. The Kier molecular flexibility index (Phi) is 5.10. The third-order valence-corrected chi connectivity index (χ3v) is 3.75. The van der Waals surface area contributed by atoms with Crippen molar-refractivity contribution in [2.75, 3.05) is 32.8 Å². The molecule has 1 aliphatic heterocycles. The van der Waals surface area contributed by atoms with Gasteiger partial charge in [-0.05, 0) is 18.2 Å². The molecule has 0 unspecified atom stereocenters. The summed E-state index contributed by atoms with van der Waals surface area (Å²) in [5.41, 5.74) is 1.36. The fourth-order valence-electron chi connectivity index (χ4n) is 2.43. The first kappa shape index (κ1) is 15.4. The van der Waals surface area contributed by atoms with Crippen LogP contribution in [-0.2, 0) is 11.3 Å². The van der Waals surface area contributed by atoms with Crippen LogP contribution in [0, 0.1) is 0 Å². The lowest BCUT2D eigenvalue weighted by molar-refractivity contribution is -0.908. The Balaban J connectivity index is 0.00000147. The van der Waals surface area contributed by atoms with Gasteiger partial charge in [-0.25, -0.2) is 4.79 Å². The summed E-state index contributed by atoms with van der Waals surface area (Å²) in [6.45, 7) is 5.10. The van der Waals surface area contributed by atoms with E-state index in [4.69, 9.17) is 20.8 Å². The number of nitrogens with zero attached hydrogens (tertiary/aromatic N) is 1. The average Bonchev–Trinajstić information content (AvgIpc) is 2.73. The molecule has 2 aromatic rings. The van der Waals surface area contributed by atoms with Gasteiger partial charge in [0.1, 0.15) is 13.1 Å². The predicted molar refractivity (Wildman–Crippen MR) is 71.9 cm³/mol. The fourth-order valence-corrected chi connectivity index (χ4v) is 2.59. The Hall–Kier alpha value is -1.01. The minimum Gasteiger partial charge on any atom is -1.00 e. The molecular formula is C13H16Cl2N2O3. The molecule has 5 nitrogen and oxygen atoms in total. The molecule has 1 N–H and O–H groups in total. The molecule has 1 saturated heterocycles. The number of aromatic nitrogens is 1. The molecule has 2 heterocycles. The van der Waals surface area contributed by atoms with Gasteiger partial charge in [-0.1, -0.05) is 11.6 Å². The molecule has 0 radical (unpaired) electrons. The van der Waals surface area contributed by atoms with Crippen molar-refractivity contribution < 1.29 is 26.5 Å². The van der Waals surface area contributed by atoms with Gasteiger partial charge in [0.25, 0.3) is 0 Å². The van der Waals surface area contributed by atoms with Crippen molar-refractivity contribution in [2.24, 2.45) is 0 Å². The summed E-state index contributed by atoms with van der Waals surface area (Å²) in [5, 5.41) is 0.612. The van der Waals surface area contributed by atoms with Gasteiger partial charge in [-0.3, -0.25) is 4.57 Å². The Morgan fingerprint density at radius 3 is 2.80 bits per heavy atom. The quantitative estimate of drug-likeness (QED) is 0.663. The van der Waals surface area contributed by atoms with Crippen LogP contribution in [0.15, 0.2) is 27.4 Å². The summed E-state index contributed by atoms with van der Waals surface area (Å²) in [6.07, 6.45) is 0. The van der Waals surface area contributed by atoms with Crippen LogP contribution in [0.3, 0.4) is 0 Å². The van der Waals surface area contributed by atoms with E-state index in [1.807, 2.05) is 0 Å². The normalized spacial score (nSPS) is 16.2. The molecule has 1 aromatic heterocycles. The molecule has 20 heavy (non-hydrogen) atoms. The number of ether oxygens (including phenoxy) is 1. The average molecular weight is 319 g/mol. The van der Waals surface area contributed by atoms with E-state index in [1.54, 1.807) is 22.8 Å². The Bertz CT molecular complexity index is 632.